The van der Waals surface area contributed by atoms with Crippen LogP contribution in [0.15, 0.2) is 95.4 Å². The Kier molecular flexibility index (Phi) is 10.0. The summed E-state index contributed by atoms with van der Waals surface area (Å²) in [4.78, 5) is 25.1. The zero-order chi connectivity index (χ0) is 31.9. The van der Waals surface area contributed by atoms with Gasteiger partial charge in [0, 0.05) is 44.7 Å². The molecule has 5 aromatic rings. The first-order valence-corrected chi connectivity index (χ1v) is 16.1. The number of aliphatic hydroxyl groups is 1. The van der Waals surface area contributed by atoms with E-state index >= 15 is 0 Å². The Labute approximate surface area is 270 Å². The van der Waals surface area contributed by atoms with E-state index in [-0.39, 0.29) is 18.4 Å². The largest absolute Gasteiger partial charge is 0.497 e. The number of anilines is 1. The number of ether oxygens (including phenoxy) is 1. The molecule has 1 atom stereocenters. The van der Waals surface area contributed by atoms with Crippen molar-refractivity contribution in [2.24, 2.45) is 0 Å². The molecule has 0 spiro atoms. The minimum atomic E-state index is -0.113. The average molecular weight is 622 g/mol. The number of nitrogens with zero attached hydrogens (tertiary/aromatic N) is 5. The van der Waals surface area contributed by atoms with Crippen LogP contribution in [0.3, 0.4) is 0 Å². The fourth-order valence-electron chi connectivity index (χ4n) is 6.41. The van der Waals surface area contributed by atoms with E-state index in [0.29, 0.717) is 24.4 Å². The third-order valence-corrected chi connectivity index (χ3v) is 8.91. The Morgan fingerprint density at radius 2 is 1.76 bits per heavy atom. The number of aromatic nitrogens is 2. The van der Waals surface area contributed by atoms with Gasteiger partial charge < -0.3 is 33.5 Å². The van der Waals surface area contributed by atoms with Gasteiger partial charge in [-0.3, -0.25) is 4.79 Å². The Morgan fingerprint density at radius 3 is 2.57 bits per heavy atom. The highest BCUT2D eigenvalue weighted by molar-refractivity contribution is 5.94. The molecule has 1 unspecified atom stereocenters. The molecule has 1 saturated heterocycles. The lowest BCUT2D eigenvalue weighted by Crippen LogP contribution is -2.35. The lowest BCUT2D eigenvalue weighted by molar-refractivity contribution is 0.0782. The number of likely N-dealkylation sites (N-methyl/N-ethyl adjacent to an activating group) is 1. The number of benzene rings is 3. The number of para-hydroxylation sites is 2. The molecule has 3 heterocycles. The summed E-state index contributed by atoms with van der Waals surface area (Å²) < 4.78 is 13.6. The Bertz CT molecular complexity index is 1730. The summed E-state index contributed by atoms with van der Waals surface area (Å²) in [7, 11) is 3.59. The molecule has 0 aliphatic carbocycles. The first-order valence-electron chi connectivity index (χ1n) is 16.1. The van der Waals surface area contributed by atoms with E-state index in [1.165, 1.54) is 5.56 Å². The highest BCUT2D eigenvalue weighted by Gasteiger charge is 2.24. The first-order chi connectivity index (χ1) is 22.5. The number of carbonyl (C=O) groups excluding carboxylic acids is 1. The molecule has 0 bridgehead atoms. The molecule has 1 aliphatic heterocycles. The number of fused-ring (bicyclic) bond motifs is 1. The maximum Gasteiger partial charge on any atom is 0.253 e. The normalized spacial score (nSPS) is 14.7. The second-order valence-electron chi connectivity index (χ2n) is 12.0. The molecule has 9 nitrogen and oxygen atoms in total. The molecule has 46 heavy (non-hydrogen) atoms. The topological polar surface area (TPSA) is 87.2 Å². The Balaban J connectivity index is 1.15. The quantitative estimate of drug-likeness (QED) is 0.193. The van der Waals surface area contributed by atoms with Crippen LogP contribution in [0.4, 0.5) is 5.95 Å². The molecule has 1 aliphatic rings. The van der Waals surface area contributed by atoms with Gasteiger partial charge in [0.15, 0.2) is 0 Å². The fraction of sp³-hybridized carbons (Fsp3) is 0.351. The number of hydrogen-bond donors (Lipinski definition) is 1. The van der Waals surface area contributed by atoms with E-state index in [4.69, 9.17) is 14.1 Å². The van der Waals surface area contributed by atoms with Crippen molar-refractivity contribution in [3.63, 3.8) is 0 Å². The van der Waals surface area contributed by atoms with Gasteiger partial charge in [0.1, 0.15) is 23.9 Å². The van der Waals surface area contributed by atoms with E-state index < -0.39 is 0 Å². The Hall–Kier alpha value is -4.60. The predicted molar refractivity (Wildman–Crippen MR) is 180 cm³/mol. The summed E-state index contributed by atoms with van der Waals surface area (Å²) in [5.74, 6) is 3.33. The molecular formula is C37H43N5O4. The van der Waals surface area contributed by atoms with Crippen molar-refractivity contribution in [1.29, 1.82) is 0 Å². The summed E-state index contributed by atoms with van der Waals surface area (Å²) in [6.45, 7) is 5.67. The number of rotatable bonds is 12. The van der Waals surface area contributed by atoms with Crippen LogP contribution in [0, 0.1) is 0 Å². The molecular weight excluding hydrogens is 578 g/mol. The first kappa shape index (κ1) is 31.4. The molecule has 3 aromatic carbocycles. The van der Waals surface area contributed by atoms with Gasteiger partial charge in [-0.1, -0.05) is 42.5 Å². The van der Waals surface area contributed by atoms with E-state index in [1.807, 2.05) is 78.7 Å². The molecule has 240 valence electrons. The third kappa shape index (κ3) is 7.27. The minimum absolute atomic E-state index is 0.0314. The van der Waals surface area contributed by atoms with Crippen molar-refractivity contribution in [3.05, 3.63) is 114 Å². The second-order valence-corrected chi connectivity index (χ2v) is 12.0. The van der Waals surface area contributed by atoms with Crippen LogP contribution in [0.2, 0.25) is 0 Å². The predicted octanol–water partition coefficient (Wildman–Crippen LogP) is 5.64. The number of methoxy groups -OCH3 is 1. The van der Waals surface area contributed by atoms with Gasteiger partial charge in [-0.15, -0.1) is 0 Å². The van der Waals surface area contributed by atoms with Gasteiger partial charge in [0.05, 0.1) is 24.7 Å². The Morgan fingerprint density at radius 1 is 0.957 bits per heavy atom. The number of carbonyl (C=O) groups is 1. The molecule has 1 amide bonds. The van der Waals surface area contributed by atoms with Crippen LogP contribution in [-0.2, 0) is 13.2 Å². The van der Waals surface area contributed by atoms with Crippen molar-refractivity contribution in [2.45, 2.75) is 31.9 Å². The SMILES string of the molecule is COc1cccc(C(CCN2CCCN(c3nc4ccccc4n3Cc3ccc(CO)o3)CC2)CN(C)C(=O)c2ccccc2)c1. The summed E-state index contributed by atoms with van der Waals surface area (Å²) in [6.07, 6.45) is 1.94. The third-order valence-electron chi connectivity index (χ3n) is 8.91. The zero-order valence-electron chi connectivity index (χ0n) is 26.7. The summed E-state index contributed by atoms with van der Waals surface area (Å²) in [5, 5.41) is 9.50. The number of imidazole rings is 1. The molecule has 6 rings (SSSR count). The van der Waals surface area contributed by atoms with Crippen molar-refractivity contribution >= 4 is 22.9 Å². The molecule has 1 N–H and O–H groups in total. The van der Waals surface area contributed by atoms with Crippen LogP contribution < -0.4 is 9.64 Å². The number of amides is 1. The standard InChI is InChI=1S/C37H43N5O4/c1-39(36(44)28-10-4-3-5-11-28)25-30(29-12-8-13-31(24-29)45-2)18-21-40-19-9-20-41(23-22-40)37-38-34-14-6-7-15-35(34)42(37)26-32-16-17-33(27-43)46-32/h3-8,10-17,24,30,43H,9,18-23,25-27H2,1-2H3. The lowest BCUT2D eigenvalue weighted by Gasteiger charge is -2.28. The van der Waals surface area contributed by atoms with Crippen molar-refractivity contribution in [1.82, 2.24) is 19.4 Å². The molecule has 1 fully saturated rings. The van der Waals surface area contributed by atoms with Gasteiger partial charge in [-0.05, 0) is 80.0 Å². The van der Waals surface area contributed by atoms with E-state index in [9.17, 15) is 9.90 Å². The second kappa shape index (κ2) is 14.7. The highest BCUT2D eigenvalue weighted by Crippen LogP contribution is 2.28. The van der Waals surface area contributed by atoms with Crippen molar-refractivity contribution in [2.75, 3.05) is 58.3 Å². The smallest absolute Gasteiger partial charge is 0.253 e. The number of aliphatic hydroxyl groups excluding tert-OH is 1. The van der Waals surface area contributed by atoms with Crippen LogP contribution in [0.25, 0.3) is 11.0 Å². The summed E-state index contributed by atoms with van der Waals surface area (Å²) in [5.41, 5.74) is 3.91. The van der Waals surface area contributed by atoms with Gasteiger partial charge in [-0.2, -0.15) is 0 Å². The molecule has 9 heteroatoms. The maximum absolute atomic E-state index is 13.2. The molecule has 0 saturated carbocycles. The summed E-state index contributed by atoms with van der Waals surface area (Å²) in [6, 6.07) is 29.7. The fourth-order valence-corrected chi connectivity index (χ4v) is 6.41. The summed E-state index contributed by atoms with van der Waals surface area (Å²) >= 11 is 0. The minimum Gasteiger partial charge on any atom is -0.497 e. The number of furan rings is 1. The van der Waals surface area contributed by atoms with Crippen LogP contribution in [-0.4, -0.2) is 83.8 Å². The molecule has 0 radical (unpaired) electrons. The maximum atomic E-state index is 13.2. The van der Waals surface area contributed by atoms with E-state index in [1.54, 1.807) is 7.11 Å². The van der Waals surface area contributed by atoms with Crippen LogP contribution in [0.5, 0.6) is 5.75 Å². The van der Waals surface area contributed by atoms with Gasteiger partial charge in [-0.25, -0.2) is 4.98 Å². The zero-order valence-corrected chi connectivity index (χ0v) is 26.7. The van der Waals surface area contributed by atoms with Crippen molar-refractivity contribution < 1.29 is 19.1 Å². The van der Waals surface area contributed by atoms with Crippen molar-refractivity contribution in [3.8, 4) is 5.75 Å². The van der Waals surface area contributed by atoms with Gasteiger partial charge >= 0.3 is 0 Å². The average Bonchev–Trinajstić information content (AvgIpc) is 3.63. The highest BCUT2D eigenvalue weighted by atomic mass is 16.5. The van der Waals surface area contributed by atoms with Gasteiger partial charge in [0.2, 0.25) is 5.95 Å². The van der Waals surface area contributed by atoms with E-state index in [0.717, 1.165) is 74.1 Å². The van der Waals surface area contributed by atoms with Crippen LogP contribution >= 0.6 is 0 Å². The van der Waals surface area contributed by atoms with Gasteiger partial charge in [0.25, 0.3) is 5.91 Å². The monoisotopic (exact) mass is 621 g/mol. The van der Waals surface area contributed by atoms with Crippen LogP contribution in [0.1, 0.15) is 46.2 Å². The van der Waals surface area contributed by atoms with E-state index in [2.05, 4.69) is 38.6 Å². The molecule has 2 aromatic heterocycles. The number of hydrogen-bond acceptors (Lipinski definition) is 7. The lowest BCUT2D eigenvalue weighted by atomic mass is 9.94.